The summed E-state index contributed by atoms with van der Waals surface area (Å²) < 4.78 is 34.5. The van der Waals surface area contributed by atoms with Gasteiger partial charge in [0, 0.05) is 46.3 Å². The van der Waals surface area contributed by atoms with Gasteiger partial charge in [-0.3, -0.25) is 9.59 Å². The monoisotopic (exact) mass is 628 g/mol. The molecule has 14 heteroatoms. The van der Waals surface area contributed by atoms with E-state index in [0.717, 1.165) is 6.26 Å². The highest BCUT2D eigenvalue weighted by atomic mass is 33.1. The lowest BCUT2D eigenvalue weighted by atomic mass is 9.90. The molecular formula is C29H28N2O10S2. The third-order valence-corrected chi connectivity index (χ3v) is 8.51. The van der Waals surface area contributed by atoms with Crippen molar-refractivity contribution >= 4 is 54.3 Å². The Kier molecular flexibility index (Phi) is 8.74. The zero-order valence-electron chi connectivity index (χ0n) is 23.5. The van der Waals surface area contributed by atoms with Crippen LogP contribution in [0.5, 0.6) is 5.75 Å². The van der Waals surface area contributed by atoms with E-state index in [-0.39, 0.29) is 45.1 Å². The lowest BCUT2D eigenvalue weighted by molar-refractivity contribution is -0.117. The first-order valence-electron chi connectivity index (χ1n) is 12.7. The number of benzene rings is 3. The number of carbonyl (C=O) groups is 3. The van der Waals surface area contributed by atoms with Crippen molar-refractivity contribution in [1.29, 1.82) is 0 Å². The van der Waals surface area contributed by atoms with Gasteiger partial charge < -0.3 is 30.0 Å². The highest BCUT2D eigenvalue weighted by Gasteiger charge is 2.27. The summed E-state index contributed by atoms with van der Waals surface area (Å²) in [5, 5.41) is 25.5. The van der Waals surface area contributed by atoms with Gasteiger partial charge in [-0.2, -0.15) is 0 Å². The molecule has 0 spiro atoms. The highest BCUT2D eigenvalue weighted by molar-refractivity contribution is 8.71. The lowest BCUT2D eigenvalue weighted by Gasteiger charge is -2.23. The maximum absolute atomic E-state index is 13.2. The van der Waals surface area contributed by atoms with Crippen LogP contribution in [0.3, 0.4) is 0 Å². The molecule has 1 heterocycles. The van der Waals surface area contributed by atoms with Crippen molar-refractivity contribution in [3.05, 3.63) is 70.4 Å². The number of aromatic hydroxyl groups is 1. The second kappa shape index (κ2) is 12.0. The number of fused-ring (bicyclic) bond motifs is 2. The fraction of sp³-hybridized carbons (Fsp3) is 0.241. The van der Waals surface area contributed by atoms with Crippen LogP contribution in [0.25, 0.3) is 33.4 Å². The molecule has 0 saturated heterocycles. The second-order valence-corrected chi connectivity index (χ2v) is 15.1. The molecular weight excluding hydrogens is 600 g/mol. The van der Waals surface area contributed by atoms with Gasteiger partial charge in [0.2, 0.25) is 5.91 Å². The predicted octanol–water partition coefficient (Wildman–Crippen LogP) is 4.49. The van der Waals surface area contributed by atoms with Crippen molar-refractivity contribution in [2.24, 2.45) is 0 Å². The molecule has 4 rings (SSSR count). The molecule has 0 radical (unpaired) electrons. The van der Waals surface area contributed by atoms with Crippen LogP contribution < -0.4 is 16.1 Å². The van der Waals surface area contributed by atoms with Crippen LogP contribution in [-0.2, 0) is 18.4 Å². The number of aromatic carboxylic acids is 1. The molecule has 0 fully saturated rings. The molecule has 0 bridgehead atoms. The molecule has 43 heavy (non-hydrogen) atoms. The minimum atomic E-state index is -3.57. The van der Waals surface area contributed by atoms with Gasteiger partial charge in [0.25, 0.3) is 0 Å². The van der Waals surface area contributed by atoms with E-state index in [9.17, 15) is 37.8 Å². The summed E-state index contributed by atoms with van der Waals surface area (Å²) in [5.74, 6) is -2.40. The fourth-order valence-corrected chi connectivity index (χ4v) is 5.99. The number of phenolic OH excluding ortho intramolecular Hbond substituents is 1. The number of carbonyl (C=O) groups excluding carboxylic acids is 2. The largest absolute Gasteiger partial charge is 0.508 e. The van der Waals surface area contributed by atoms with Crippen LogP contribution in [0.15, 0.2) is 63.8 Å². The van der Waals surface area contributed by atoms with E-state index in [2.05, 4.69) is 10.6 Å². The Morgan fingerprint density at radius 1 is 1.02 bits per heavy atom. The molecule has 12 nitrogen and oxygen atoms in total. The normalized spacial score (nSPS) is 12.6. The van der Waals surface area contributed by atoms with Gasteiger partial charge in [-0.1, -0.05) is 6.07 Å². The molecule has 1 atom stereocenters. The van der Waals surface area contributed by atoms with Crippen molar-refractivity contribution in [2.45, 2.75) is 32.4 Å². The summed E-state index contributed by atoms with van der Waals surface area (Å²) in [6.07, 6.45) is 0.0189. The van der Waals surface area contributed by atoms with E-state index in [1.165, 1.54) is 48.5 Å². The molecule has 0 aromatic heterocycles. The minimum Gasteiger partial charge on any atom is -0.508 e. The summed E-state index contributed by atoms with van der Waals surface area (Å²) in [5.41, 5.74) is -0.0703. The number of carboxylic acids is 1. The number of hydrogen-bond donors (Lipinski definition) is 4. The maximum Gasteiger partial charge on any atom is 0.408 e. The molecule has 1 aliphatic carbocycles. The highest BCUT2D eigenvalue weighted by Crippen LogP contribution is 2.42. The number of alkyl carbamates (subject to hydrolysis) is 1. The quantitative estimate of drug-likeness (QED) is 0.159. The zero-order valence-corrected chi connectivity index (χ0v) is 25.1. The van der Waals surface area contributed by atoms with E-state index in [1.54, 1.807) is 26.8 Å². The molecule has 2 amide bonds. The third-order valence-electron chi connectivity index (χ3n) is 5.92. The number of phenols is 1. The number of amides is 2. The topological polar surface area (TPSA) is 189 Å². The molecule has 2 aromatic rings. The van der Waals surface area contributed by atoms with Crippen LogP contribution in [0.4, 0.5) is 10.5 Å². The Morgan fingerprint density at radius 2 is 1.72 bits per heavy atom. The maximum atomic E-state index is 13.2. The van der Waals surface area contributed by atoms with Gasteiger partial charge in [-0.05, 0) is 73.5 Å². The summed E-state index contributed by atoms with van der Waals surface area (Å²) in [4.78, 5) is 50.0. The molecule has 0 saturated carbocycles. The number of hydrogen-bond acceptors (Lipinski definition) is 10. The van der Waals surface area contributed by atoms with Crippen LogP contribution in [0, 0.1) is 0 Å². The zero-order chi connectivity index (χ0) is 31.7. The van der Waals surface area contributed by atoms with Gasteiger partial charge in [-0.25, -0.2) is 18.0 Å². The second-order valence-electron chi connectivity index (χ2n) is 10.6. The van der Waals surface area contributed by atoms with Crippen molar-refractivity contribution in [3.8, 4) is 28.2 Å². The van der Waals surface area contributed by atoms with Gasteiger partial charge in [0.15, 0.2) is 14.3 Å². The first-order chi connectivity index (χ1) is 20.0. The van der Waals surface area contributed by atoms with Crippen molar-refractivity contribution in [3.63, 3.8) is 0 Å². The summed E-state index contributed by atoms with van der Waals surface area (Å²) >= 11 is 0. The van der Waals surface area contributed by atoms with Crippen molar-refractivity contribution < 1.29 is 42.2 Å². The molecule has 2 aromatic carbocycles. The van der Waals surface area contributed by atoms with E-state index < -0.39 is 38.5 Å². The van der Waals surface area contributed by atoms with E-state index >= 15 is 0 Å². The Balaban J connectivity index is 1.75. The van der Waals surface area contributed by atoms with E-state index in [4.69, 9.17) is 9.15 Å². The van der Waals surface area contributed by atoms with Crippen LogP contribution in [0.1, 0.15) is 31.1 Å². The third kappa shape index (κ3) is 7.84. The Morgan fingerprint density at radius 3 is 2.37 bits per heavy atom. The molecule has 2 aliphatic rings. The van der Waals surface area contributed by atoms with Gasteiger partial charge >= 0.3 is 12.1 Å². The van der Waals surface area contributed by atoms with Crippen molar-refractivity contribution in [1.82, 2.24) is 5.32 Å². The first kappa shape index (κ1) is 31.4. The van der Waals surface area contributed by atoms with Gasteiger partial charge in [-0.15, -0.1) is 0 Å². The minimum absolute atomic E-state index is 0.0558. The van der Waals surface area contributed by atoms with E-state index in [1.807, 2.05) is 0 Å². The number of rotatable bonds is 8. The predicted molar refractivity (Wildman–Crippen MR) is 162 cm³/mol. The summed E-state index contributed by atoms with van der Waals surface area (Å²) in [6.45, 7) is 4.87. The summed E-state index contributed by atoms with van der Waals surface area (Å²) in [6, 6.07) is 11.2. The number of nitrogens with one attached hydrogen (secondary N) is 2. The number of ether oxygens (including phenoxy) is 1. The van der Waals surface area contributed by atoms with Gasteiger partial charge in [0.05, 0.1) is 5.56 Å². The Bertz CT molecular complexity index is 1880. The van der Waals surface area contributed by atoms with Crippen molar-refractivity contribution in [2.75, 3.05) is 17.3 Å². The van der Waals surface area contributed by atoms with Crippen LogP contribution >= 0.6 is 10.8 Å². The smallest absolute Gasteiger partial charge is 0.408 e. The molecule has 0 unspecified atom stereocenters. The molecule has 1 aliphatic heterocycles. The van der Waals surface area contributed by atoms with Crippen LogP contribution in [0.2, 0.25) is 0 Å². The van der Waals surface area contributed by atoms with Gasteiger partial charge in [0.1, 0.15) is 28.7 Å². The van der Waals surface area contributed by atoms with Crippen LogP contribution in [-0.4, -0.2) is 60.3 Å². The fourth-order valence-electron chi connectivity index (χ4n) is 4.22. The standard InChI is InChI=1S/C29H28N2O10S2/c1-29(2,3)41-28(37)31-22(14-42-43(4,38)39)26(34)30-15-5-8-18(21(11-15)27(35)36)25-19-9-6-16(32)12-23(19)40-24-13-17(33)7-10-20(24)25/h5-13,22,32H,14H2,1-4H3,(H,30,34)(H,31,37)(H,35,36)/t22-/m0/s1. The molecule has 4 N–H and O–H groups in total. The number of anilines is 1. The Labute approximate surface area is 249 Å². The van der Waals surface area contributed by atoms with E-state index in [0.29, 0.717) is 27.3 Å². The lowest BCUT2D eigenvalue weighted by Crippen LogP contribution is -2.47. The number of carboxylic acid groups (broad SMARTS) is 1. The average Bonchev–Trinajstić information content (AvgIpc) is 2.88. The average molecular weight is 629 g/mol. The summed E-state index contributed by atoms with van der Waals surface area (Å²) in [7, 11) is -3.12. The SMILES string of the molecule is CC(C)(C)OC(=O)N[C@@H](CSS(C)(=O)=O)C(=O)Nc1ccc(-c2c3ccc(=O)cc-3oc3cc(O)ccc23)c(C(=O)O)c1. The molecule has 226 valence electrons. The first-order valence-corrected chi connectivity index (χ1v) is 16.1. The Hall–Kier alpha value is -4.56.